The SMILES string of the molecule is CN(CCC(F)(F)F)c1c(F)cccc1CBr. The Morgan fingerprint density at radius 2 is 1.94 bits per heavy atom. The first kappa shape index (κ1) is 14.3. The smallest absolute Gasteiger partial charge is 0.372 e. The van der Waals surface area contributed by atoms with Gasteiger partial charge >= 0.3 is 6.18 Å². The molecular weight excluding hydrogens is 302 g/mol. The van der Waals surface area contributed by atoms with E-state index < -0.39 is 18.4 Å². The third-order valence-electron chi connectivity index (χ3n) is 2.33. The molecule has 0 saturated heterocycles. The summed E-state index contributed by atoms with van der Waals surface area (Å²) >= 11 is 3.19. The van der Waals surface area contributed by atoms with E-state index in [9.17, 15) is 17.6 Å². The summed E-state index contributed by atoms with van der Waals surface area (Å²) in [6.07, 6.45) is -5.19. The molecule has 0 radical (unpaired) electrons. The molecule has 1 nitrogen and oxygen atoms in total. The van der Waals surface area contributed by atoms with E-state index in [1.54, 1.807) is 6.07 Å². The molecule has 0 amide bonds. The lowest BCUT2D eigenvalue weighted by Gasteiger charge is -2.23. The molecule has 0 N–H and O–H groups in total. The first-order valence-electron chi connectivity index (χ1n) is 4.96. The van der Waals surface area contributed by atoms with E-state index in [1.807, 2.05) is 0 Å². The van der Waals surface area contributed by atoms with Crippen molar-refractivity contribution in [2.75, 3.05) is 18.5 Å². The average molecular weight is 314 g/mol. The fourth-order valence-electron chi connectivity index (χ4n) is 1.50. The van der Waals surface area contributed by atoms with E-state index in [0.717, 1.165) is 0 Å². The van der Waals surface area contributed by atoms with Gasteiger partial charge in [0, 0.05) is 18.9 Å². The van der Waals surface area contributed by atoms with E-state index in [2.05, 4.69) is 15.9 Å². The zero-order valence-electron chi connectivity index (χ0n) is 9.19. The molecule has 17 heavy (non-hydrogen) atoms. The number of benzene rings is 1. The molecule has 0 spiro atoms. The third kappa shape index (κ3) is 4.18. The van der Waals surface area contributed by atoms with Gasteiger partial charge in [-0.15, -0.1) is 0 Å². The highest BCUT2D eigenvalue weighted by Gasteiger charge is 2.27. The Kier molecular flexibility index (Phi) is 4.80. The molecule has 0 fully saturated rings. The van der Waals surface area contributed by atoms with Crippen LogP contribution in [0, 0.1) is 5.82 Å². The molecule has 96 valence electrons. The predicted octanol–water partition coefficient (Wildman–Crippen LogP) is 4.11. The molecule has 1 aromatic rings. The zero-order chi connectivity index (χ0) is 13.1. The van der Waals surface area contributed by atoms with Crippen molar-refractivity contribution in [2.24, 2.45) is 0 Å². The van der Waals surface area contributed by atoms with Crippen LogP contribution in [0.5, 0.6) is 0 Å². The monoisotopic (exact) mass is 313 g/mol. The normalized spacial score (nSPS) is 11.6. The van der Waals surface area contributed by atoms with Gasteiger partial charge in [0.25, 0.3) is 0 Å². The number of para-hydroxylation sites is 1. The summed E-state index contributed by atoms with van der Waals surface area (Å²) in [4.78, 5) is 1.29. The molecular formula is C11H12BrF4N. The molecule has 0 unspecified atom stereocenters. The topological polar surface area (TPSA) is 3.24 Å². The van der Waals surface area contributed by atoms with E-state index in [0.29, 0.717) is 10.9 Å². The number of hydrogen-bond acceptors (Lipinski definition) is 1. The summed E-state index contributed by atoms with van der Waals surface area (Å²) in [5, 5.41) is 0.399. The Bertz CT molecular complexity index is 378. The van der Waals surface area contributed by atoms with Gasteiger partial charge in [0.05, 0.1) is 12.1 Å². The highest BCUT2D eigenvalue weighted by molar-refractivity contribution is 9.08. The lowest BCUT2D eigenvalue weighted by molar-refractivity contribution is -0.132. The second-order valence-corrected chi connectivity index (χ2v) is 4.23. The van der Waals surface area contributed by atoms with Crippen molar-refractivity contribution >= 4 is 21.6 Å². The summed E-state index contributed by atoms with van der Waals surface area (Å²) in [6.45, 7) is -0.259. The number of alkyl halides is 4. The van der Waals surface area contributed by atoms with Gasteiger partial charge < -0.3 is 4.90 Å². The van der Waals surface area contributed by atoms with Crippen molar-refractivity contribution in [2.45, 2.75) is 17.9 Å². The summed E-state index contributed by atoms with van der Waals surface area (Å²) in [5.41, 5.74) is 0.850. The quantitative estimate of drug-likeness (QED) is 0.597. The molecule has 0 atom stereocenters. The highest BCUT2D eigenvalue weighted by Crippen LogP contribution is 2.27. The van der Waals surface area contributed by atoms with Crippen molar-refractivity contribution in [1.82, 2.24) is 0 Å². The van der Waals surface area contributed by atoms with Crippen molar-refractivity contribution in [1.29, 1.82) is 0 Å². The summed E-state index contributed by atoms with van der Waals surface area (Å²) in [5.74, 6) is -0.508. The van der Waals surface area contributed by atoms with E-state index in [-0.39, 0.29) is 12.2 Å². The van der Waals surface area contributed by atoms with Gasteiger partial charge in [0.2, 0.25) is 0 Å². The molecule has 0 heterocycles. The van der Waals surface area contributed by atoms with E-state index in [4.69, 9.17) is 0 Å². The zero-order valence-corrected chi connectivity index (χ0v) is 10.8. The Labute approximate surface area is 106 Å². The second-order valence-electron chi connectivity index (χ2n) is 3.67. The fraction of sp³-hybridized carbons (Fsp3) is 0.455. The van der Waals surface area contributed by atoms with Crippen molar-refractivity contribution < 1.29 is 17.6 Å². The highest BCUT2D eigenvalue weighted by atomic mass is 79.9. The van der Waals surface area contributed by atoms with Crippen LogP contribution >= 0.6 is 15.9 Å². The third-order valence-corrected chi connectivity index (χ3v) is 2.93. The maximum absolute atomic E-state index is 13.6. The van der Waals surface area contributed by atoms with Gasteiger partial charge in [-0.2, -0.15) is 13.2 Å². The Morgan fingerprint density at radius 3 is 2.47 bits per heavy atom. The number of nitrogens with zero attached hydrogens (tertiary/aromatic N) is 1. The molecule has 0 saturated carbocycles. The predicted molar refractivity (Wildman–Crippen MR) is 63.0 cm³/mol. The van der Waals surface area contributed by atoms with Crippen molar-refractivity contribution in [3.05, 3.63) is 29.6 Å². The van der Waals surface area contributed by atoms with Gasteiger partial charge in [0.15, 0.2) is 0 Å². The number of anilines is 1. The molecule has 0 bridgehead atoms. The molecule has 0 aliphatic heterocycles. The maximum atomic E-state index is 13.6. The fourth-order valence-corrected chi connectivity index (χ4v) is 1.95. The van der Waals surface area contributed by atoms with Crippen LogP contribution in [0.2, 0.25) is 0 Å². The Morgan fingerprint density at radius 1 is 1.29 bits per heavy atom. The number of rotatable bonds is 4. The van der Waals surface area contributed by atoms with Crippen LogP contribution in [-0.4, -0.2) is 19.8 Å². The van der Waals surface area contributed by atoms with Gasteiger partial charge in [-0.3, -0.25) is 0 Å². The van der Waals surface area contributed by atoms with E-state index in [1.165, 1.54) is 24.1 Å². The van der Waals surface area contributed by atoms with Gasteiger partial charge in [-0.25, -0.2) is 4.39 Å². The van der Waals surface area contributed by atoms with Crippen LogP contribution < -0.4 is 4.90 Å². The molecule has 1 rings (SSSR count). The first-order chi connectivity index (χ1) is 7.85. The van der Waals surface area contributed by atoms with Gasteiger partial charge in [-0.05, 0) is 11.6 Å². The first-order valence-corrected chi connectivity index (χ1v) is 6.08. The Balaban J connectivity index is 2.84. The number of halogens is 5. The van der Waals surface area contributed by atoms with Crippen LogP contribution in [0.3, 0.4) is 0 Å². The molecule has 6 heteroatoms. The van der Waals surface area contributed by atoms with E-state index >= 15 is 0 Å². The second kappa shape index (κ2) is 5.71. The lowest BCUT2D eigenvalue weighted by Crippen LogP contribution is -2.25. The van der Waals surface area contributed by atoms with Crippen molar-refractivity contribution in [3.63, 3.8) is 0 Å². The van der Waals surface area contributed by atoms with Gasteiger partial charge in [-0.1, -0.05) is 28.1 Å². The van der Waals surface area contributed by atoms with Crippen LogP contribution in [0.25, 0.3) is 0 Å². The van der Waals surface area contributed by atoms with Crippen LogP contribution in [0.15, 0.2) is 18.2 Å². The number of hydrogen-bond donors (Lipinski definition) is 0. The molecule has 1 aromatic carbocycles. The summed E-state index contributed by atoms with van der Waals surface area (Å²) in [6, 6.07) is 4.45. The maximum Gasteiger partial charge on any atom is 0.390 e. The molecule has 0 aliphatic carbocycles. The van der Waals surface area contributed by atoms with Crippen molar-refractivity contribution in [3.8, 4) is 0 Å². The minimum atomic E-state index is -4.23. The minimum absolute atomic E-state index is 0.216. The van der Waals surface area contributed by atoms with Gasteiger partial charge in [0.1, 0.15) is 5.82 Å². The van der Waals surface area contributed by atoms with Crippen LogP contribution in [-0.2, 0) is 5.33 Å². The average Bonchev–Trinajstić information content (AvgIpc) is 2.24. The molecule has 0 aliphatic rings. The minimum Gasteiger partial charge on any atom is -0.372 e. The Hall–Kier alpha value is -0.780. The van der Waals surface area contributed by atoms with Crippen LogP contribution in [0.4, 0.5) is 23.2 Å². The summed E-state index contributed by atoms with van der Waals surface area (Å²) < 4.78 is 49.8. The van der Waals surface area contributed by atoms with Crippen LogP contribution in [0.1, 0.15) is 12.0 Å². The largest absolute Gasteiger partial charge is 0.390 e. The lowest BCUT2D eigenvalue weighted by atomic mass is 10.1. The standard InChI is InChI=1S/C11H12BrF4N/c1-17(6-5-11(14,15)16)10-8(7-12)3-2-4-9(10)13/h2-4H,5-7H2,1H3. The molecule has 0 aromatic heterocycles. The summed E-state index contributed by atoms with van der Waals surface area (Å²) in [7, 11) is 1.45.